The molecule has 5 heteroatoms. The molecule has 1 N–H and O–H groups in total. The fourth-order valence-electron chi connectivity index (χ4n) is 1.97. The lowest BCUT2D eigenvalue weighted by Gasteiger charge is -2.18. The second kappa shape index (κ2) is 6.80. The summed E-state index contributed by atoms with van der Waals surface area (Å²) in [5.41, 5.74) is 1.83. The van der Waals surface area contributed by atoms with Crippen LogP contribution in [0.1, 0.15) is 24.4 Å². The maximum absolute atomic E-state index is 5.28. The number of ether oxygens (including phenoxy) is 1. The molecule has 0 spiro atoms. The molecule has 0 saturated heterocycles. The molecule has 2 aromatic rings. The molecule has 2 aromatic heterocycles. The SMILES string of the molecule is CCNC(Cc1ccccn1)c1nccnc1OC. The molecule has 0 amide bonds. The highest BCUT2D eigenvalue weighted by Gasteiger charge is 2.18. The van der Waals surface area contributed by atoms with Gasteiger partial charge in [-0.1, -0.05) is 13.0 Å². The Balaban J connectivity index is 2.24. The fourth-order valence-corrected chi connectivity index (χ4v) is 1.97. The van der Waals surface area contributed by atoms with Crippen molar-refractivity contribution in [3.63, 3.8) is 0 Å². The maximum Gasteiger partial charge on any atom is 0.237 e. The Hall–Kier alpha value is -2.01. The first-order valence-electron chi connectivity index (χ1n) is 6.33. The van der Waals surface area contributed by atoms with Crippen molar-refractivity contribution >= 4 is 0 Å². The first-order valence-corrected chi connectivity index (χ1v) is 6.33. The third-order valence-electron chi connectivity index (χ3n) is 2.80. The van der Waals surface area contributed by atoms with E-state index in [2.05, 4.69) is 27.2 Å². The van der Waals surface area contributed by atoms with Gasteiger partial charge in [0.05, 0.1) is 13.2 Å². The van der Waals surface area contributed by atoms with Crippen LogP contribution in [-0.4, -0.2) is 28.6 Å². The van der Waals surface area contributed by atoms with Gasteiger partial charge >= 0.3 is 0 Å². The van der Waals surface area contributed by atoms with Crippen LogP contribution in [0.4, 0.5) is 0 Å². The van der Waals surface area contributed by atoms with E-state index in [0.29, 0.717) is 5.88 Å². The maximum atomic E-state index is 5.28. The summed E-state index contributed by atoms with van der Waals surface area (Å²) in [6, 6.07) is 5.95. The lowest BCUT2D eigenvalue weighted by Crippen LogP contribution is -2.25. The van der Waals surface area contributed by atoms with Gasteiger partial charge in [0.1, 0.15) is 5.69 Å². The van der Waals surface area contributed by atoms with Gasteiger partial charge < -0.3 is 10.1 Å². The minimum Gasteiger partial charge on any atom is -0.480 e. The lowest BCUT2D eigenvalue weighted by atomic mass is 10.1. The van der Waals surface area contributed by atoms with Gasteiger partial charge in [-0.25, -0.2) is 4.98 Å². The predicted octanol–water partition coefficient (Wildman–Crippen LogP) is 1.77. The number of likely N-dealkylation sites (N-methyl/N-ethyl adjacent to an activating group) is 1. The van der Waals surface area contributed by atoms with Crippen molar-refractivity contribution in [3.8, 4) is 5.88 Å². The summed E-state index contributed by atoms with van der Waals surface area (Å²) in [5.74, 6) is 0.560. The summed E-state index contributed by atoms with van der Waals surface area (Å²) in [7, 11) is 1.61. The van der Waals surface area contributed by atoms with Crippen LogP contribution in [0.2, 0.25) is 0 Å². The van der Waals surface area contributed by atoms with E-state index in [1.165, 1.54) is 0 Å². The quantitative estimate of drug-likeness (QED) is 0.855. The van der Waals surface area contributed by atoms with E-state index in [1.807, 2.05) is 18.2 Å². The van der Waals surface area contributed by atoms with Gasteiger partial charge in [-0.2, -0.15) is 0 Å². The largest absolute Gasteiger partial charge is 0.480 e. The Kier molecular flexibility index (Phi) is 4.80. The Morgan fingerprint density at radius 2 is 2.00 bits per heavy atom. The third kappa shape index (κ3) is 3.48. The number of aromatic nitrogens is 3. The zero-order valence-electron chi connectivity index (χ0n) is 11.2. The predicted molar refractivity (Wildman–Crippen MR) is 72.9 cm³/mol. The molecule has 0 aliphatic carbocycles. The van der Waals surface area contributed by atoms with Crippen molar-refractivity contribution in [1.82, 2.24) is 20.3 Å². The number of nitrogens with one attached hydrogen (secondary N) is 1. The summed E-state index contributed by atoms with van der Waals surface area (Å²) in [6.07, 6.45) is 5.86. The number of methoxy groups -OCH3 is 1. The van der Waals surface area contributed by atoms with Crippen LogP contribution in [0, 0.1) is 0 Å². The Morgan fingerprint density at radius 3 is 2.68 bits per heavy atom. The van der Waals surface area contributed by atoms with E-state index in [1.54, 1.807) is 25.7 Å². The second-order valence-corrected chi connectivity index (χ2v) is 4.09. The molecule has 0 radical (unpaired) electrons. The Labute approximate surface area is 113 Å². The van der Waals surface area contributed by atoms with E-state index in [9.17, 15) is 0 Å². The van der Waals surface area contributed by atoms with Crippen molar-refractivity contribution in [1.29, 1.82) is 0 Å². The van der Waals surface area contributed by atoms with Crippen molar-refractivity contribution in [3.05, 3.63) is 48.2 Å². The number of hydrogen-bond donors (Lipinski definition) is 1. The standard InChI is InChI=1S/C14H18N4O/c1-3-15-12(10-11-6-4-5-7-16-11)13-14(19-2)18-9-8-17-13/h4-9,12,15H,3,10H2,1-2H3. The van der Waals surface area contributed by atoms with Crippen molar-refractivity contribution < 1.29 is 4.74 Å². The van der Waals surface area contributed by atoms with Crippen LogP contribution in [-0.2, 0) is 6.42 Å². The van der Waals surface area contributed by atoms with E-state index in [-0.39, 0.29) is 6.04 Å². The minimum absolute atomic E-state index is 0.0450. The highest BCUT2D eigenvalue weighted by atomic mass is 16.5. The minimum atomic E-state index is 0.0450. The summed E-state index contributed by atoms with van der Waals surface area (Å²) in [5, 5.41) is 3.40. The second-order valence-electron chi connectivity index (χ2n) is 4.09. The number of pyridine rings is 1. The summed E-state index contributed by atoms with van der Waals surface area (Å²) in [4.78, 5) is 12.9. The highest BCUT2D eigenvalue weighted by molar-refractivity contribution is 5.23. The van der Waals surface area contributed by atoms with Crippen LogP contribution in [0.3, 0.4) is 0 Å². The van der Waals surface area contributed by atoms with Crippen LogP contribution >= 0.6 is 0 Å². The molecule has 0 saturated carbocycles. The number of nitrogens with zero attached hydrogens (tertiary/aromatic N) is 3. The molecule has 2 rings (SSSR count). The van der Waals surface area contributed by atoms with Gasteiger partial charge in [0.15, 0.2) is 0 Å². The number of rotatable bonds is 6. The zero-order valence-corrected chi connectivity index (χ0v) is 11.2. The molecule has 0 aliphatic rings. The monoisotopic (exact) mass is 258 g/mol. The van der Waals surface area contributed by atoms with Crippen molar-refractivity contribution in [2.75, 3.05) is 13.7 Å². The average Bonchev–Trinajstić information content (AvgIpc) is 2.48. The highest BCUT2D eigenvalue weighted by Crippen LogP contribution is 2.22. The molecule has 100 valence electrons. The molecular weight excluding hydrogens is 240 g/mol. The van der Waals surface area contributed by atoms with Crippen molar-refractivity contribution in [2.24, 2.45) is 0 Å². The van der Waals surface area contributed by atoms with E-state index in [4.69, 9.17) is 4.74 Å². The van der Waals surface area contributed by atoms with Gasteiger partial charge in [-0.3, -0.25) is 9.97 Å². The smallest absolute Gasteiger partial charge is 0.237 e. The molecule has 0 bridgehead atoms. The lowest BCUT2D eigenvalue weighted by molar-refractivity contribution is 0.377. The van der Waals surface area contributed by atoms with E-state index in [0.717, 1.165) is 24.4 Å². The summed E-state index contributed by atoms with van der Waals surface area (Å²) in [6.45, 7) is 2.91. The van der Waals surface area contributed by atoms with Gasteiger partial charge in [0.25, 0.3) is 0 Å². The van der Waals surface area contributed by atoms with Crippen molar-refractivity contribution in [2.45, 2.75) is 19.4 Å². The Bertz CT molecular complexity index is 504. The summed E-state index contributed by atoms with van der Waals surface area (Å²) < 4.78 is 5.28. The van der Waals surface area contributed by atoms with E-state index >= 15 is 0 Å². The van der Waals surface area contributed by atoms with Crippen LogP contribution < -0.4 is 10.1 Å². The molecule has 2 heterocycles. The molecule has 1 atom stereocenters. The van der Waals surface area contributed by atoms with Gasteiger partial charge in [0, 0.05) is 30.7 Å². The van der Waals surface area contributed by atoms with E-state index < -0.39 is 0 Å². The third-order valence-corrected chi connectivity index (χ3v) is 2.80. The molecule has 0 aromatic carbocycles. The van der Waals surface area contributed by atoms with Gasteiger partial charge in [-0.05, 0) is 18.7 Å². The van der Waals surface area contributed by atoms with Crippen LogP contribution in [0.25, 0.3) is 0 Å². The zero-order chi connectivity index (χ0) is 13.5. The normalized spacial score (nSPS) is 12.1. The van der Waals surface area contributed by atoms with Gasteiger partial charge in [-0.15, -0.1) is 0 Å². The number of hydrogen-bond acceptors (Lipinski definition) is 5. The van der Waals surface area contributed by atoms with Crippen LogP contribution in [0.5, 0.6) is 5.88 Å². The van der Waals surface area contributed by atoms with Gasteiger partial charge in [0.2, 0.25) is 5.88 Å². The van der Waals surface area contributed by atoms with Crippen LogP contribution in [0.15, 0.2) is 36.8 Å². The topological polar surface area (TPSA) is 59.9 Å². The average molecular weight is 258 g/mol. The molecule has 1 unspecified atom stereocenters. The molecule has 0 fully saturated rings. The first-order chi connectivity index (χ1) is 9.35. The molecular formula is C14H18N4O. The molecule has 19 heavy (non-hydrogen) atoms. The fraction of sp³-hybridized carbons (Fsp3) is 0.357. The molecule has 0 aliphatic heterocycles. The summed E-state index contributed by atoms with van der Waals surface area (Å²) >= 11 is 0. The first kappa shape index (κ1) is 13.4. The Morgan fingerprint density at radius 1 is 1.16 bits per heavy atom. The molecule has 5 nitrogen and oxygen atoms in total.